The molecule has 1 aliphatic rings. The number of hydrogen-bond acceptors (Lipinski definition) is 3. The highest BCUT2D eigenvalue weighted by Crippen LogP contribution is 2.26. The van der Waals surface area contributed by atoms with E-state index in [1.165, 1.54) is 19.3 Å². The first-order valence-electron chi connectivity index (χ1n) is 6.75. The van der Waals surface area contributed by atoms with Gasteiger partial charge in [-0.2, -0.15) is 0 Å². The molecule has 3 N–H and O–H groups in total. The fourth-order valence-electron chi connectivity index (χ4n) is 2.37. The highest BCUT2D eigenvalue weighted by Gasteiger charge is 2.18. The van der Waals surface area contributed by atoms with Crippen LogP contribution in [0.15, 0.2) is 29.7 Å². The Labute approximate surface area is 112 Å². The van der Waals surface area contributed by atoms with Crippen LogP contribution >= 0.6 is 0 Å². The van der Waals surface area contributed by atoms with Crippen LogP contribution in [-0.4, -0.2) is 11.8 Å². The molecule has 1 aliphatic carbocycles. The maximum atomic E-state index is 11.7. The Morgan fingerprint density at radius 2 is 2.00 bits per heavy atom. The number of carbonyl (C=O) groups excluding carboxylic acids is 1. The molecule has 5 heteroatoms. The molecule has 102 valence electrons. The van der Waals surface area contributed by atoms with E-state index in [0.717, 1.165) is 18.4 Å². The Kier molecular flexibility index (Phi) is 4.89. The zero-order chi connectivity index (χ0) is 13.5. The molecular formula is C14H20N3O2+. The van der Waals surface area contributed by atoms with E-state index in [1.54, 1.807) is 24.5 Å². The molecule has 0 saturated heterocycles. The second kappa shape index (κ2) is 6.87. The van der Waals surface area contributed by atoms with Crippen LogP contribution < -0.4 is 10.7 Å². The molecule has 0 atom stereocenters. The van der Waals surface area contributed by atoms with Crippen molar-refractivity contribution in [1.29, 1.82) is 0 Å². The molecular weight excluding hydrogens is 242 g/mol. The van der Waals surface area contributed by atoms with E-state index in [2.05, 4.69) is 10.1 Å². The van der Waals surface area contributed by atoms with Crippen LogP contribution in [0, 0.1) is 5.92 Å². The van der Waals surface area contributed by atoms with Gasteiger partial charge in [0.1, 0.15) is 0 Å². The first kappa shape index (κ1) is 13.5. The van der Waals surface area contributed by atoms with Crippen LogP contribution in [0.5, 0.6) is 0 Å². The molecule has 1 aromatic heterocycles. The summed E-state index contributed by atoms with van der Waals surface area (Å²) in [6.45, 7) is 0. The first-order chi connectivity index (χ1) is 9.25. The fourth-order valence-corrected chi connectivity index (χ4v) is 2.37. The molecule has 0 spiro atoms. The topological polar surface area (TPSA) is 78.8 Å². The monoisotopic (exact) mass is 262 g/mol. The molecule has 1 saturated carbocycles. The number of rotatable bonds is 4. The van der Waals surface area contributed by atoms with Crippen molar-refractivity contribution in [3.05, 3.63) is 30.1 Å². The third-order valence-corrected chi connectivity index (χ3v) is 3.44. The lowest BCUT2D eigenvalue weighted by Crippen LogP contribution is -2.18. The van der Waals surface area contributed by atoms with Gasteiger partial charge in [0.15, 0.2) is 18.2 Å². The highest BCUT2D eigenvalue weighted by molar-refractivity contribution is 5.97. The number of oxime groups is 1. The zero-order valence-corrected chi connectivity index (χ0v) is 11.0. The Hall–Kier alpha value is -1.91. The van der Waals surface area contributed by atoms with E-state index in [-0.39, 0.29) is 11.8 Å². The summed E-state index contributed by atoms with van der Waals surface area (Å²) in [4.78, 5) is 19.4. The summed E-state index contributed by atoms with van der Waals surface area (Å²) in [5.74, 6) is 0.368. The number of carbonyl (C=O) groups is 1. The summed E-state index contributed by atoms with van der Waals surface area (Å²) in [7, 11) is 0. The summed E-state index contributed by atoms with van der Waals surface area (Å²) in [5, 5.41) is 3.69. The Morgan fingerprint density at radius 3 is 2.68 bits per heavy atom. The summed E-state index contributed by atoms with van der Waals surface area (Å²) in [6.07, 6.45) is 9.85. The average molecular weight is 262 g/mol. The number of nitrogens with one attached hydrogen (secondary N) is 1. The number of nitrogens with zero attached hydrogens (tertiary/aromatic N) is 1. The lowest BCUT2D eigenvalue weighted by atomic mass is 9.87. The first-order valence-corrected chi connectivity index (χ1v) is 6.75. The minimum absolute atomic E-state index is 0.214. The number of hydrogen-bond donors (Lipinski definition) is 1. The summed E-state index contributed by atoms with van der Waals surface area (Å²) in [5.41, 5.74) is 6.46. The van der Waals surface area contributed by atoms with Crippen LogP contribution in [0.4, 0.5) is 0 Å². The summed E-state index contributed by atoms with van der Waals surface area (Å²) in [6, 6.07) is 3.54. The van der Waals surface area contributed by atoms with Crippen molar-refractivity contribution >= 4 is 11.8 Å². The van der Waals surface area contributed by atoms with Crippen LogP contribution in [0.25, 0.3) is 0 Å². The second-order valence-electron chi connectivity index (χ2n) is 4.94. The third kappa shape index (κ3) is 4.35. The van der Waals surface area contributed by atoms with Gasteiger partial charge < -0.3 is 10.6 Å². The van der Waals surface area contributed by atoms with Crippen LogP contribution in [-0.2, 0) is 9.63 Å². The largest absolute Gasteiger partial charge is 0.380 e. The number of aromatic amines is 1. The standard InChI is InChI=1S/C14H19N3O2/c15-14(12-6-8-16-9-7-12)17-19-13(18)10-11-4-2-1-3-5-11/h6-9,11H,1-5,10H2,(H2,15,17)/p+1. The van der Waals surface area contributed by atoms with Gasteiger partial charge in [-0.05, 0) is 18.8 Å². The van der Waals surface area contributed by atoms with Gasteiger partial charge in [-0.25, -0.2) is 9.78 Å². The number of pyridine rings is 1. The van der Waals surface area contributed by atoms with Gasteiger partial charge in [0.05, 0.1) is 6.42 Å². The van der Waals surface area contributed by atoms with E-state index in [9.17, 15) is 4.79 Å². The quantitative estimate of drug-likeness (QED) is 0.388. The van der Waals surface area contributed by atoms with Gasteiger partial charge in [-0.1, -0.05) is 24.4 Å². The second-order valence-corrected chi connectivity index (χ2v) is 4.94. The van der Waals surface area contributed by atoms with E-state index in [1.807, 2.05) is 0 Å². The van der Waals surface area contributed by atoms with Gasteiger partial charge in [0.2, 0.25) is 0 Å². The number of H-pyrrole nitrogens is 1. The lowest BCUT2D eigenvalue weighted by Gasteiger charge is -2.19. The van der Waals surface area contributed by atoms with Crippen LogP contribution in [0.1, 0.15) is 44.1 Å². The number of aromatic nitrogens is 1. The van der Waals surface area contributed by atoms with E-state index in [4.69, 9.17) is 10.6 Å². The molecule has 1 fully saturated rings. The van der Waals surface area contributed by atoms with E-state index < -0.39 is 0 Å². The van der Waals surface area contributed by atoms with Crippen molar-refractivity contribution in [2.75, 3.05) is 0 Å². The van der Waals surface area contributed by atoms with Gasteiger partial charge in [0, 0.05) is 17.7 Å². The molecule has 0 bridgehead atoms. The van der Waals surface area contributed by atoms with Gasteiger partial charge in [-0.3, -0.25) is 0 Å². The molecule has 2 rings (SSSR count). The predicted molar refractivity (Wildman–Crippen MR) is 71.0 cm³/mol. The Balaban J connectivity index is 1.82. The third-order valence-electron chi connectivity index (χ3n) is 3.44. The van der Waals surface area contributed by atoms with Crippen molar-refractivity contribution in [1.82, 2.24) is 0 Å². The summed E-state index contributed by atoms with van der Waals surface area (Å²) >= 11 is 0. The van der Waals surface area contributed by atoms with Crippen molar-refractivity contribution in [2.24, 2.45) is 16.8 Å². The molecule has 1 heterocycles. The zero-order valence-electron chi connectivity index (χ0n) is 11.0. The number of amidine groups is 1. The van der Waals surface area contributed by atoms with E-state index in [0.29, 0.717) is 12.3 Å². The Morgan fingerprint density at radius 1 is 1.32 bits per heavy atom. The molecule has 0 unspecified atom stereocenters. The molecule has 19 heavy (non-hydrogen) atoms. The van der Waals surface area contributed by atoms with Crippen LogP contribution in [0.2, 0.25) is 0 Å². The van der Waals surface area contributed by atoms with Crippen LogP contribution in [0.3, 0.4) is 0 Å². The maximum absolute atomic E-state index is 11.7. The molecule has 0 radical (unpaired) electrons. The predicted octanol–water partition coefficient (Wildman–Crippen LogP) is 1.63. The fraction of sp³-hybridized carbons (Fsp3) is 0.500. The van der Waals surface area contributed by atoms with Crippen molar-refractivity contribution in [3.8, 4) is 0 Å². The van der Waals surface area contributed by atoms with Crippen molar-refractivity contribution in [2.45, 2.75) is 38.5 Å². The smallest absolute Gasteiger partial charge is 0.335 e. The van der Waals surface area contributed by atoms with E-state index >= 15 is 0 Å². The van der Waals surface area contributed by atoms with Crippen molar-refractivity contribution in [3.63, 3.8) is 0 Å². The average Bonchev–Trinajstić information content (AvgIpc) is 2.47. The minimum Gasteiger partial charge on any atom is -0.380 e. The van der Waals surface area contributed by atoms with Crippen molar-refractivity contribution < 1.29 is 14.6 Å². The molecule has 0 aliphatic heterocycles. The Bertz CT molecular complexity index is 439. The normalized spacial score (nSPS) is 17.2. The van der Waals surface area contributed by atoms with Gasteiger partial charge >= 0.3 is 5.97 Å². The molecule has 0 aromatic carbocycles. The maximum Gasteiger partial charge on any atom is 0.335 e. The summed E-state index contributed by atoms with van der Waals surface area (Å²) < 4.78 is 0. The van der Waals surface area contributed by atoms with Gasteiger partial charge in [-0.15, -0.1) is 0 Å². The SMILES string of the molecule is NC(=NOC(=O)CC1CCCCC1)c1cc[nH+]cc1. The minimum atomic E-state index is -0.294. The molecule has 5 nitrogen and oxygen atoms in total. The number of nitrogens with two attached hydrogens (primary N) is 1. The molecule has 1 aromatic rings. The lowest BCUT2D eigenvalue weighted by molar-refractivity contribution is -0.378. The molecule has 0 amide bonds. The highest BCUT2D eigenvalue weighted by atomic mass is 16.7. The van der Waals surface area contributed by atoms with Gasteiger partial charge in [0.25, 0.3) is 0 Å².